The zero-order chi connectivity index (χ0) is 13.9. The van der Waals surface area contributed by atoms with Gasteiger partial charge >= 0.3 is 0 Å². The Kier molecular flexibility index (Phi) is 3.04. The fourth-order valence-electron chi connectivity index (χ4n) is 2.04. The molecule has 2 N–H and O–H groups in total. The molecular formula is C14H12N4O2. The molecule has 0 unspecified atom stereocenters. The summed E-state index contributed by atoms with van der Waals surface area (Å²) in [6, 6.07) is 9.33. The fourth-order valence-corrected chi connectivity index (χ4v) is 2.04. The Morgan fingerprint density at radius 3 is 2.75 bits per heavy atom. The van der Waals surface area contributed by atoms with Crippen molar-refractivity contribution in [2.24, 2.45) is 0 Å². The molecule has 100 valence electrons. The second-order valence-corrected chi connectivity index (χ2v) is 4.10. The summed E-state index contributed by atoms with van der Waals surface area (Å²) in [6.45, 7) is 0. The number of nitrogens with zero attached hydrogens (tertiary/aromatic N) is 3. The van der Waals surface area contributed by atoms with Crippen LogP contribution in [0.4, 0.5) is 5.82 Å². The van der Waals surface area contributed by atoms with Gasteiger partial charge in [-0.2, -0.15) is 10.2 Å². The summed E-state index contributed by atoms with van der Waals surface area (Å²) >= 11 is 0. The van der Waals surface area contributed by atoms with Crippen LogP contribution < -0.4 is 10.5 Å². The van der Waals surface area contributed by atoms with Crippen molar-refractivity contribution >= 4 is 5.82 Å². The number of benzene rings is 1. The first-order chi connectivity index (χ1) is 9.81. The van der Waals surface area contributed by atoms with Crippen LogP contribution >= 0.6 is 0 Å². The molecule has 1 aromatic carbocycles. The number of para-hydroxylation sites is 1. The summed E-state index contributed by atoms with van der Waals surface area (Å²) in [5.41, 5.74) is 8.20. The van der Waals surface area contributed by atoms with Gasteiger partial charge in [-0.15, -0.1) is 0 Å². The maximum Gasteiger partial charge on any atom is 0.178 e. The van der Waals surface area contributed by atoms with Crippen LogP contribution in [0.3, 0.4) is 0 Å². The lowest BCUT2D eigenvalue weighted by molar-refractivity contribution is 0.416. The maximum atomic E-state index is 5.94. The van der Waals surface area contributed by atoms with E-state index in [0.29, 0.717) is 22.9 Å². The molecule has 0 aliphatic rings. The topological polar surface area (TPSA) is 87.1 Å². The molecule has 6 heteroatoms. The van der Waals surface area contributed by atoms with Crippen molar-refractivity contribution in [1.29, 1.82) is 0 Å². The SMILES string of the molecule is COc1ccccc1-c1c(N)noc1-c1ccnnc1. The number of nitrogen functional groups attached to an aromatic ring is 1. The van der Waals surface area contributed by atoms with Gasteiger partial charge in [-0.05, 0) is 12.1 Å². The predicted molar refractivity (Wildman–Crippen MR) is 73.9 cm³/mol. The Bertz CT molecular complexity index is 725. The van der Waals surface area contributed by atoms with Gasteiger partial charge in [-0.3, -0.25) is 0 Å². The number of hydrogen-bond donors (Lipinski definition) is 1. The van der Waals surface area contributed by atoms with Gasteiger partial charge in [0.1, 0.15) is 5.75 Å². The van der Waals surface area contributed by atoms with Crippen molar-refractivity contribution in [2.75, 3.05) is 12.8 Å². The van der Waals surface area contributed by atoms with Gasteiger partial charge < -0.3 is 15.0 Å². The molecule has 2 aromatic heterocycles. The van der Waals surface area contributed by atoms with E-state index in [1.807, 2.05) is 24.3 Å². The number of aromatic nitrogens is 3. The van der Waals surface area contributed by atoms with Crippen LogP contribution in [0.15, 0.2) is 47.2 Å². The molecule has 0 bridgehead atoms. The molecular weight excluding hydrogens is 256 g/mol. The first kappa shape index (κ1) is 12.2. The lowest BCUT2D eigenvalue weighted by Crippen LogP contribution is -1.92. The molecule has 6 nitrogen and oxygen atoms in total. The monoisotopic (exact) mass is 268 g/mol. The summed E-state index contributed by atoms with van der Waals surface area (Å²) in [5.74, 6) is 1.55. The van der Waals surface area contributed by atoms with Crippen LogP contribution in [0.5, 0.6) is 5.75 Å². The van der Waals surface area contributed by atoms with Gasteiger partial charge in [0.2, 0.25) is 0 Å². The zero-order valence-corrected chi connectivity index (χ0v) is 10.8. The average molecular weight is 268 g/mol. The number of hydrogen-bond acceptors (Lipinski definition) is 6. The van der Waals surface area contributed by atoms with Crippen molar-refractivity contribution in [3.05, 3.63) is 42.7 Å². The fraction of sp³-hybridized carbons (Fsp3) is 0.0714. The Labute approximate surface area is 115 Å². The lowest BCUT2D eigenvalue weighted by Gasteiger charge is -2.08. The van der Waals surface area contributed by atoms with Crippen molar-refractivity contribution in [3.8, 4) is 28.2 Å². The first-order valence-electron chi connectivity index (χ1n) is 5.97. The van der Waals surface area contributed by atoms with Crippen molar-refractivity contribution in [2.45, 2.75) is 0 Å². The van der Waals surface area contributed by atoms with Crippen LogP contribution in [-0.4, -0.2) is 22.5 Å². The Morgan fingerprint density at radius 1 is 1.15 bits per heavy atom. The molecule has 0 aliphatic carbocycles. The van der Waals surface area contributed by atoms with Crippen LogP contribution in [-0.2, 0) is 0 Å². The number of nitrogens with two attached hydrogens (primary N) is 1. The molecule has 0 saturated heterocycles. The lowest BCUT2D eigenvalue weighted by atomic mass is 10.0. The third kappa shape index (κ3) is 1.97. The number of methoxy groups -OCH3 is 1. The highest BCUT2D eigenvalue weighted by molar-refractivity contribution is 5.88. The van der Waals surface area contributed by atoms with Crippen LogP contribution in [0.25, 0.3) is 22.5 Å². The Balaban J connectivity index is 2.22. The van der Waals surface area contributed by atoms with Crippen LogP contribution in [0, 0.1) is 0 Å². The van der Waals surface area contributed by atoms with Gasteiger partial charge in [-0.1, -0.05) is 23.4 Å². The second-order valence-electron chi connectivity index (χ2n) is 4.10. The molecule has 3 aromatic rings. The summed E-state index contributed by atoms with van der Waals surface area (Å²) in [6.07, 6.45) is 3.18. The smallest absolute Gasteiger partial charge is 0.178 e. The minimum Gasteiger partial charge on any atom is -0.496 e. The van der Waals surface area contributed by atoms with E-state index in [4.69, 9.17) is 15.0 Å². The van der Waals surface area contributed by atoms with Crippen LogP contribution in [0.1, 0.15) is 0 Å². The van der Waals surface area contributed by atoms with E-state index >= 15 is 0 Å². The van der Waals surface area contributed by atoms with Crippen molar-refractivity contribution in [3.63, 3.8) is 0 Å². The van der Waals surface area contributed by atoms with E-state index in [2.05, 4.69) is 15.4 Å². The molecule has 2 heterocycles. The van der Waals surface area contributed by atoms with E-state index in [9.17, 15) is 0 Å². The third-order valence-electron chi connectivity index (χ3n) is 2.94. The standard InChI is InChI=1S/C14H12N4O2/c1-19-11-5-3-2-4-10(11)12-13(20-18-14(12)15)9-6-7-16-17-8-9/h2-8H,1H3,(H2,15,18). The van der Waals surface area contributed by atoms with Gasteiger partial charge in [0.25, 0.3) is 0 Å². The number of anilines is 1. The third-order valence-corrected chi connectivity index (χ3v) is 2.94. The van der Waals surface area contributed by atoms with Gasteiger partial charge in [-0.25, -0.2) is 0 Å². The van der Waals surface area contributed by atoms with E-state index in [1.54, 1.807) is 25.6 Å². The minimum atomic E-state index is 0.307. The normalized spacial score (nSPS) is 10.4. The maximum absolute atomic E-state index is 5.94. The molecule has 0 radical (unpaired) electrons. The van der Waals surface area contributed by atoms with Gasteiger partial charge in [0.05, 0.1) is 25.1 Å². The van der Waals surface area contributed by atoms with Gasteiger partial charge in [0, 0.05) is 11.1 Å². The average Bonchev–Trinajstić information content (AvgIpc) is 2.89. The molecule has 3 rings (SSSR count). The highest BCUT2D eigenvalue weighted by Gasteiger charge is 2.20. The number of rotatable bonds is 3. The Morgan fingerprint density at radius 2 is 2.00 bits per heavy atom. The molecule has 0 aliphatic heterocycles. The van der Waals surface area contributed by atoms with E-state index in [-0.39, 0.29) is 0 Å². The summed E-state index contributed by atoms with van der Waals surface area (Å²) in [4.78, 5) is 0. The summed E-state index contributed by atoms with van der Waals surface area (Å²) < 4.78 is 10.7. The van der Waals surface area contributed by atoms with E-state index < -0.39 is 0 Å². The molecule has 0 atom stereocenters. The quantitative estimate of drug-likeness (QED) is 0.784. The molecule has 0 spiro atoms. The first-order valence-corrected chi connectivity index (χ1v) is 5.97. The minimum absolute atomic E-state index is 0.307. The highest BCUT2D eigenvalue weighted by atomic mass is 16.5. The van der Waals surface area contributed by atoms with Gasteiger partial charge in [0.15, 0.2) is 11.6 Å². The Hall–Kier alpha value is -2.89. The number of ether oxygens (including phenoxy) is 1. The summed E-state index contributed by atoms with van der Waals surface area (Å²) in [7, 11) is 1.61. The van der Waals surface area contributed by atoms with Crippen molar-refractivity contribution in [1.82, 2.24) is 15.4 Å². The van der Waals surface area contributed by atoms with Crippen molar-refractivity contribution < 1.29 is 9.26 Å². The molecule has 0 fully saturated rings. The molecule has 0 amide bonds. The largest absolute Gasteiger partial charge is 0.496 e. The second kappa shape index (κ2) is 5.00. The predicted octanol–water partition coefficient (Wildman–Crippen LogP) is 2.39. The summed E-state index contributed by atoms with van der Waals surface area (Å²) in [5, 5.41) is 11.4. The molecule has 20 heavy (non-hydrogen) atoms. The van der Waals surface area contributed by atoms with E-state index in [0.717, 1.165) is 11.1 Å². The van der Waals surface area contributed by atoms with Crippen LogP contribution in [0.2, 0.25) is 0 Å². The van der Waals surface area contributed by atoms with E-state index in [1.165, 1.54) is 0 Å². The molecule has 0 saturated carbocycles. The highest BCUT2D eigenvalue weighted by Crippen LogP contribution is 2.40. The zero-order valence-electron chi connectivity index (χ0n) is 10.8.